The maximum atomic E-state index is 9.10. The van der Waals surface area contributed by atoms with E-state index in [1.807, 2.05) is 0 Å². The standard InChI is InChI=1S/4C2H2O4.Zr/c4*3-1(4)2(5)6;/h4*(H,3,4)(H,5,6);. The van der Waals surface area contributed by atoms with Crippen molar-refractivity contribution >= 4 is 47.8 Å². The predicted molar refractivity (Wildman–Crippen MR) is 61.1 cm³/mol. The van der Waals surface area contributed by atoms with Crippen LogP contribution in [0.15, 0.2) is 0 Å². The fraction of sp³-hybridized carbons (Fsp3) is 0. The second kappa shape index (κ2) is 18.7. The van der Waals surface area contributed by atoms with Crippen molar-refractivity contribution in [3.05, 3.63) is 0 Å². The van der Waals surface area contributed by atoms with Crippen LogP contribution in [0.25, 0.3) is 0 Å². The van der Waals surface area contributed by atoms with Gasteiger partial charge < -0.3 is 40.9 Å². The van der Waals surface area contributed by atoms with Crippen LogP contribution in [-0.2, 0) is 64.6 Å². The summed E-state index contributed by atoms with van der Waals surface area (Å²) < 4.78 is 0. The van der Waals surface area contributed by atoms with Crippen LogP contribution in [0, 0.1) is 0 Å². The molecule has 140 valence electrons. The number of carboxylic acid groups (broad SMARTS) is 8. The number of carbonyl (C=O) groups is 8. The Morgan fingerprint density at radius 1 is 0.280 bits per heavy atom. The van der Waals surface area contributed by atoms with Crippen molar-refractivity contribution in [2.45, 2.75) is 0 Å². The number of rotatable bonds is 0. The van der Waals surface area contributed by atoms with Gasteiger partial charge in [-0.25, -0.2) is 38.4 Å². The van der Waals surface area contributed by atoms with Gasteiger partial charge in [0.1, 0.15) is 0 Å². The maximum Gasteiger partial charge on any atom is 0.414 e. The van der Waals surface area contributed by atoms with Crippen molar-refractivity contribution in [3.8, 4) is 0 Å². The third-order valence-electron chi connectivity index (χ3n) is 0.732. The van der Waals surface area contributed by atoms with E-state index >= 15 is 0 Å². The molecular weight excluding hydrogens is 443 g/mol. The van der Waals surface area contributed by atoms with Crippen molar-refractivity contribution in [3.63, 3.8) is 0 Å². The van der Waals surface area contributed by atoms with Gasteiger partial charge in [-0.15, -0.1) is 0 Å². The second-order valence-electron chi connectivity index (χ2n) is 2.44. The van der Waals surface area contributed by atoms with Gasteiger partial charge in [0.15, 0.2) is 0 Å². The van der Waals surface area contributed by atoms with Crippen molar-refractivity contribution in [1.29, 1.82) is 0 Å². The zero-order valence-corrected chi connectivity index (χ0v) is 13.8. The molecule has 0 rings (SSSR count). The largest absolute Gasteiger partial charge is 0.473 e. The molecule has 0 aromatic rings. The smallest absolute Gasteiger partial charge is 0.414 e. The molecule has 0 atom stereocenters. The first-order chi connectivity index (χ1) is 10.6. The van der Waals surface area contributed by atoms with Gasteiger partial charge in [0.2, 0.25) is 0 Å². The van der Waals surface area contributed by atoms with E-state index in [-0.39, 0.29) is 26.2 Å². The monoisotopic (exact) mass is 450 g/mol. The molecule has 0 heterocycles. The first-order valence-electron chi connectivity index (χ1n) is 4.42. The van der Waals surface area contributed by atoms with Gasteiger partial charge >= 0.3 is 47.8 Å². The molecule has 0 aliphatic rings. The SMILES string of the molecule is O=C(O)C(=O)O.O=C(O)C(=O)O.O=C(O)C(=O)O.O=C(O)C(=O)O.[Zr]. The first kappa shape index (κ1) is 33.3. The number of aliphatic carboxylic acids is 8. The normalized spacial score (nSPS) is 7.04. The van der Waals surface area contributed by atoms with E-state index in [2.05, 4.69) is 0 Å². The zero-order valence-electron chi connectivity index (χ0n) is 11.3. The summed E-state index contributed by atoms with van der Waals surface area (Å²) in [5.74, 6) is -14.6. The minimum atomic E-state index is -1.82. The summed E-state index contributed by atoms with van der Waals surface area (Å²) >= 11 is 0. The van der Waals surface area contributed by atoms with Gasteiger partial charge in [0.25, 0.3) is 0 Å². The summed E-state index contributed by atoms with van der Waals surface area (Å²) in [6.07, 6.45) is 0. The van der Waals surface area contributed by atoms with E-state index in [4.69, 9.17) is 79.2 Å². The van der Waals surface area contributed by atoms with Gasteiger partial charge in [-0.2, -0.15) is 0 Å². The molecule has 0 saturated heterocycles. The quantitative estimate of drug-likeness (QED) is 0.166. The summed E-state index contributed by atoms with van der Waals surface area (Å²) in [7, 11) is 0. The molecule has 0 bridgehead atoms. The van der Waals surface area contributed by atoms with E-state index in [1.54, 1.807) is 0 Å². The van der Waals surface area contributed by atoms with Crippen LogP contribution in [0.5, 0.6) is 0 Å². The molecule has 0 radical (unpaired) electrons. The van der Waals surface area contributed by atoms with Crippen LogP contribution < -0.4 is 0 Å². The molecule has 0 aromatic carbocycles. The molecule has 0 amide bonds. The van der Waals surface area contributed by atoms with Gasteiger partial charge in [-0.1, -0.05) is 0 Å². The molecule has 8 N–H and O–H groups in total. The summed E-state index contributed by atoms with van der Waals surface area (Å²) in [5.41, 5.74) is 0. The Bertz CT molecular complexity index is 388. The predicted octanol–water partition coefficient (Wildman–Crippen LogP) is -3.38. The number of hydrogen-bond donors (Lipinski definition) is 8. The Morgan fingerprint density at radius 3 is 0.320 bits per heavy atom. The van der Waals surface area contributed by atoms with Gasteiger partial charge in [-0.05, 0) is 0 Å². The summed E-state index contributed by atoms with van der Waals surface area (Å²) in [4.78, 5) is 72.8. The molecule has 0 spiro atoms. The topological polar surface area (TPSA) is 298 Å². The molecule has 0 fully saturated rings. The molecule has 0 aromatic heterocycles. The average Bonchev–Trinajstić information content (AvgIpc) is 2.40. The summed E-state index contributed by atoms with van der Waals surface area (Å²) in [5, 5.41) is 59.1. The zero-order chi connectivity index (χ0) is 20.6. The Balaban J connectivity index is -0.0000000702. The van der Waals surface area contributed by atoms with E-state index in [9.17, 15) is 0 Å². The fourth-order valence-electron chi connectivity index (χ4n) is 0. The molecule has 0 aliphatic carbocycles. The molecule has 25 heavy (non-hydrogen) atoms. The molecule has 0 saturated carbocycles. The molecule has 0 aliphatic heterocycles. The van der Waals surface area contributed by atoms with E-state index < -0.39 is 47.8 Å². The van der Waals surface area contributed by atoms with Crippen LogP contribution >= 0.6 is 0 Å². The average molecular weight is 451 g/mol. The van der Waals surface area contributed by atoms with Crippen LogP contribution in [-0.4, -0.2) is 88.6 Å². The minimum Gasteiger partial charge on any atom is -0.473 e. The minimum absolute atomic E-state index is 0. The van der Waals surface area contributed by atoms with Crippen molar-refractivity contribution in [1.82, 2.24) is 0 Å². The van der Waals surface area contributed by atoms with E-state index in [0.717, 1.165) is 0 Å². The van der Waals surface area contributed by atoms with Gasteiger partial charge in [0.05, 0.1) is 0 Å². The Hall–Kier alpha value is -3.36. The third kappa shape index (κ3) is 44.9. The van der Waals surface area contributed by atoms with Crippen molar-refractivity contribution in [2.75, 3.05) is 0 Å². The van der Waals surface area contributed by atoms with Crippen molar-refractivity contribution < 1.29 is 105 Å². The van der Waals surface area contributed by atoms with Crippen LogP contribution in [0.2, 0.25) is 0 Å². The maximum absolute atomic E-state index is 9.10. The molecule has 0 unspecified atom stereocenters. The number of hydrogen-bond acceptors (Lipinski definition) is 8. The summed E-state index contributed by atoms with van der Waals surface area (Å²) in [6.45, 7) is 0. The van der Waals surface area contributed by atoms with Crippen LogP contribution in [0.1, 0.15) is 0 Å². The Labute approximate surface area is 153 Å². The van der Waals surface area contributed by atoms with Crippen LogP contribution in [0.4, 0.5) is 0 Å². The number of carboxylic acids is 8. The third-order valence-corrected chi connectivity index (χ3v) is 0.732. The van der Waals surface area contributed by atoms with Gasteiger partial charge in [0, 0.05) is 26.2 Å². The van der Waals surface area contributed by atoms with E-state index in [1.165, 1.54) is 0 Å². The Kier molecular flexibility index (Phi) is 24.9. The molecular formula is C8H8O16Zr. The van der Waals surface area contributed by atoms with E-state index in [0.29, 0.717) is 0 Å². The first-order valence-corrected chi connectivity index (χ1v) is 4.42. The second-order valence-corrected chi connectivity index (χ2v) is 2.44. The Morgan fingerprint density at radius 2 is 0.320 bits per heavy atom. The fourth-order valence-corrected chi connectivity index (χ4v) is 0. The molecule has 16 nitrogen and oxygen atoms in total. The van der Waals surface area contributed by atoms with Crippen molar-refractivity contribution in [2.24, 2.45) is 0 Å². The van der Waals surface area contributed by atoms with Gasteiger partial charge in [-0.3, -0.25) is 0 Å². The molecule has 17 heteroatoms. The summed E-state index contributed by atoms with van der Waals surface area (Å²) in [6, 6.07) is 0. The van der Waals surface area contributed by atoms with Crippen LogP contribution in [0.3, 0.4) is 0 Å².